The highest BCUT2D eigenvalue weighted by Gasteiger charge is 2.46. The molecule has 4 rings (SSSR count). The average molecular weight is 453 g/mol. The summed E-state index contributed by atoms with van der Waals surface area (Å²) in [6.45, 7) is 7.25. The Hall–Kier alpha value is -3.30. The molecule has 3 heterocycles. The molecule has 0 saturated carbocycles. The van der Waals surface area contributed by atoms with Crippen molar-refractivity contribution < 1.29 is 24.2 Å². The second-order valence-corrected chi connectivity index (χ2v) is 8.14. The number of carbonyl (C=O) groups excluding carboxylic acids is 2. The van der Waals surface area contributed by atoms with Crippen LogP contribution in [0.3, 0.4) is 0 Å². The van der Waals surface area contributed by atoms with Gasteiger partial charge in [0.2, 0.25) is 0 Å². The molecule has 2 saturated heterocycles. The van der Waals surface area contributed by atoms with Crippen molar-refractivity contribution in [1.82, 2.24) is 19.8 Å². The smallest absolute Gasteiger partial charge is 0.295 e. The number of carbonyl (C=O) groups is 2. The molecule has 0 bridgehead atoms. The number of Topliss-reactive ketones (excluding diaryl/α,β-unsaturated/α-hetero) is 1. The lowest BCUT2D eigenvalue weighted by Gasteiger charge is -2.31. The second kappa shape index (κ2) is 9.68. The summed E-state index contributed by atoms with van der Waals surface area (Å²) in [4.78, 5) is 38.5. The third-order valence-corrected chi connectivity index (χ3v) is 6.07. The number of benzene rings is 1. The van der Waals surface area contributed by atoms with Gasteiger partial charge in [0.05, 0.1) is 43.2 Å². The fraction of sp³-hybridized carbons (Fsp3) is 0.417. The standard InChI is InChI=1S/C24H28N4O5/c1-15-19(14-25-16(2)26-15)22(29)20-21(17-5-4-6-18(13-17)32-3)28(24(31)23(20)30)8-7-27-9-11-33-12-10-27/h4-6,13-14,21,29H,7-12H2,1-3H3/t21-/m1/s1. The molecule has 0 radical (unpaired) electrons. The van der Waals surface area contributed by atoms with Crippen LogP contribution in [-0.4, -0.2) is 83.1 Å². The Morgan fingerprint density at radius 2 is 1.97 bits per heavy atom. The third-order valence-electron chi connectivity index (χ3n) is 6.07. The number of nitrogens with zero attached hydrogens (tertiary/aromatic N) is 4. The summed E-state index contributed by atoms with van der Waals surface area (Å²) >= 11 is 0. The number of hydrogen-bond acceptors (Lipinski definition) is 8. The third kappa shape index (κ3) is 4.60. The van der Waals surface area contributed by atoms with Crippen LogP contribution < -0.4 is 4.74 Å². The van der Waals surface area contributed by atoms with E-state index in [9.17, 15) is 14.7 Å². The predicted octanol–water partition coefficient (Wildman–Crippen LogP) is 1.86. The number of ether oxygens (including phenoxy) is 2. The number of ketones is 1. The van der Waals surface area contributed by atoms with Crippen LogP contribution >= 0.6 is 0 Å². The largest absolute Gasteiger partial charge is 0.507 e. The van der Waals surface area contributed by atoms with Crippen molar-refractivity contribution in [1.29, 1.82) is 0 Å². The van der Waals surface area contributed by atoms with E-state index in [2.05, 4.69) is 14.9 Å². The first kappa shape index (κ1) is 22.9. The van der Waals surface area contributed by atoms with E-state index in [1.807, 2.05) is 6.07 Å². The fourth-order valence-electron chi connectivity index (χ4n) is 4.30. The van der Waals surface area contributed by atoms with Gasteiger partial charge in [0, 0.05) is 32.4 Å². The lowest BCUT2D eigenvalue weighted by atomic mass is 9.95. The Balaban J connectivity index is 1.77. The van der Waals surface area contributed by atoms with Crippen LogP contribution in [0.2, 0.25) is 0 Å². The van der Waals surface area contributed by atoms with Crippen molar-refractivity contribution in [3.05, 3.63) is 58.7 Å². The van der Waals surface area contributed by atoms with Crippen molar-refractivity contribution >= 4 is 17.4 Å². The first-order chi connectivity index (χ1) is 15.9. The number of aromatic nitrogens is 2. The maximum absolute atomic E-state index is 13.2. The van der Waals surface area contributed by atoms with Gasteiger partial charge in [0.25, 0.3) is 11.7 Å². The van der Waals surface area contributed by atoms with Crippen molar-refractivity contribution in [2.24, 2.45) is 0 Å². The van der Waals surface area contributed by atoms with E-state index in [-0.39, 0.29) is 11.3 Å². The summed E-state index contributed by atoms with van der Waals surface area (Å²) in [6, 6.07) is 6.45. The summed E-state index contributed by atoms with van der Waals surface area (Å²) in [6.07, 6.45) is 1.48. The molecule has 0 unspecified atom stereocenters. The maximum atomic E-state index is 13.2. The van der Waals surface area contributed by atoms with Gasteiger partial charge in [0.15, 0.2) is 0 Å². The molecule has 2 aliphatic rings. The highest BCUT2D eigenvalue weighted by molar-refractivity contribution is 6.46. The average Bonchev–Trinajstić information content (AvgIpc) is 3.08. The van der Waals surface area contributed by atoms with Crippen molar-refractivity contribution in [2.45, 2.75) is 19.9 Å². The van der Waals surface area contributed by atoms with Crippen LogP contribution in [0.25, 0.3) is 5.76 Å². The molecule has 1 amide bonds. The zero-order chi connectivity index (χ0) is 23.5. The second-order valence-electron chi connectivity index (χ2n) is 8.14. The van der Waals surface area contributed by atoms with Crippen molar-refractivity contribution in [2.75, 3.05) is 46.5 Å². The van der Waals surface area contributed by atoms with Gasteiger partial charge in [0.1, 0.15) is 17.3 Å². The van der Waals surface area contributed by atoms with E-state index < -0.39 is 17.7 Å². The quantitative estimate of drug-likeness (QED) is 0.402. The van der Waals surface area contributed by atoms with Gasteiger partial charge in [-0.25, -0.2) is 9.97 Å². The molecule has 1 aromatic carbocycles. The molecule has 9 heteroatoms. The Labute approximate surface area is 192 Å². The topological polar surface area (TPSA) is 105 Å². The van der Waals surface area contributed by atoms with E-state index in [1.165, 1.54) is 11.1 Å². The molecule has 33 heavy (non-hydrogen) atoms. The van der Waals surface area contributed by atoms with Crippen molar-refractivity contribution in [3.63, 3.8) is 0 Å². The Morgan fingerprint density at radius 3 is 2.67 bits per heavy atom. The van der Waals surface area contributed by atoms with Gasteiger partial charge in [-0.05, 0) is 31.5 Å². The summed E-state index contributed by atoms with van der Waals surface area (Å²) < 4.78 is 10.8. The van der Waals surface area contributed by atoms with Gasteiger partial charge in [-0.15, -0.1) is 0 Å². The summed E-state index contributed by atoms with van der Waals surface area (Å²) in [5.74, 6) is -0.474. The number of morpholine rings is 1. The number of aliphatic hydroxyl groups excluding tert-OH is 1. The summed E-state index contributed by atoms with van der Waals surface area (Å²) in [5.41, 5.74) is 1.58. The molecular weight excluding hydrogens is 424 g/mol. The molecule has 2 fully saturated rings. The number of amides is 1. The number of rotatable bonds is 6. The predicted molar refractivity (Wildman–Crippen MR) is 121 cm³/mol. The molecule has 1 atom stereocenters. The van der Waals surface area contributed by atoms with Crippen LogP contribution in [0.4, 0.5) is 0 Å². The number of hydrogen-bond donors (Lipinski definition) is 1. The van der Waals surface area contributed by atoms with Crippen molar-refractivity contribution in [3.8, 4) is 5.75 Å². The molecule has 174 valence electrons. The van der Waals surface area contributed by atoms with Crippen LogP contribution in [0.1, 0.15) is 28.7 Å². The molecule has 2 aliphatic heterocycles. The Bertz CT molecular complexity index is 1090. The zero-order valence-corrected chi connectivity index (χ0v) is 19.1. The maximum Gasteiger partial charge on any atom is 0.295 e. The van der Waals surface area contributed by atoms with E-state index in [0.29, 0.717) is 54.7 Å². The normalized spacial score (nSPS) is 20.9. The lowest BCUT2D eigenvalue weighted by Crippen LogP contribution is -2.42. The minimum absolute atomic E-state index is 0.0331. The van der Waals surface area contributed by atoms with Gasteiger partial charge in [-0.2, -0.15) is 0 Å². The van der Waals surface area contributed by atoms with Gasteiger partial charge >= 0.3 is 0 Å². The molecule has 0 spiro atoms. The molecule has 1 N–H and O–H groups in total. The first-order valence-corrected chi connectivity index (χ1v) is 10.9. The SMILES string of the molecule is COc1cccc([C@@H]2C(=C(O)c3cnc(C)nc3C)C(=O)C(=O)N2CCN2CCOCC2)c1. The number of likely N-dealkylation sites (tertiary alicyclic amines) is 1. The van der Waals surface area contributed by atoms with E-state index in [0.717, 1.165) is 13.1 Å². The highest BCUT2D eigenvalue weighted by Crippen LogP contribution is 2.40. The number of methoxy groups -OCH3 is 1. The fourth-order valence-corrected chi connectivity index (χ4v) is 4.30. The van der Waals surface area contributed by atoms with E-state index in [4.69, 9.17) is 9.47 Å². The van der Waals surface area contributed by atoms with Gasteiger partial charge < -0.3 is 19.5 Å². The number of aliphatic hydroxyl groups is 1. The minimum Gasteiger partial charge on any atom is -0.507 e. The van der Waals surface area contributed by atoms with Crippen LogP contribution in [0, 0.1) is 13.8 Å². The molecule has 0 aliphatic carbocycles. The van der Waals surface area contributed by atoms with Gasteiger partial charge in [-0.1, -0.05) is 12.1 Å². The van der Waals surface area contributed by atoms with Crippen LogP contribution in [0.5, 0.6) is 5.75 Å². The van der Waals surface area contributed by atoms with Crippen LogP contribution in [-0.2, 0) is 14.3 Å². The monoisotopic (exact) mass is 452 g/mol. The minimum atomic E-state index is -0.748. The first-order valence-electron chi connectivity index (χ1n) is 10.9. The Kier molecular flexibility index (Phi) is 6.71. The lowest BCUT2D eigenvalue weighted by molar-refractivity contribution is -0.140. The van der Waals surface area contributed by atoms with Gasteiger partial charge in [-0.3, -0.25) is 14.5 Å². The highest BCUT2D eigenvalue weighted by atomic mass is 16.5. The van der Waals surface area contributed by atoms with Crippen LogP contribution in [0.15, 0.2) is 36.0 Å². The molecule has 1 aromatic heterocycles. The Morgan fingerprint density at radius 1 is 1.21 bits per heavy atom. The number of aryl methyl sites for hydroxylation is 2. The summed E-state index contributed by atoms with van der Waals surface area (Å²) in [7, 11) is 1.56. The summed E-state index contributed by atoms with van der Waals surface area (Å²) in [5, 5.41) is 11.2. The van der Waals surface area contributed by atoms with E-state index >= 15 is 0 Å². The zero-order valence-electron chi connectivity index (χ0n) is 19.1. The van der Waals surface area contributed by atoms with E-state index in [1.54, 1.807) is 39.2 Å². The molecule has 2 aromatic rings. The molecular formula is C24H28N4O5. The molecule has 9 nitrogen and oxygen atoms in total.